The topological polar surface area (TPSA) is 131 Å². The lowest BCUT2D eigenvalue weighted by atomic mass is 9.92. The lowest BCUT2D eigenvalue weighted by Crippen LogP contribution is -2.56. The number of nitrogens with two attached hydrogens (primary N) is 1. The van der Waals surface area contributed by atoms with Crippen molar-refractivity contribution in [1.29, 1.82) is 0 Å². The number of hydrogen-bond acceptors (Lipinski definition) is 6. The minimum Gasteiger partial charge on any atom is -0.374 e. The standard InChI is InChI=1S/C28H34ClFN4O5S.ClH/c1-4-34(15-22-24(19-7-9-20(29)10-8-19)40(37,38)33-27(22,2)3)25(35)23(32-26(36)28(31)13-14-28)17-39-16-18-5-11-21(30)12-6-18;/h5-12,23,33H,4,13-17,31H2,1-3H3,(H,32,36);1H/t23-;/m1./s1. The van der Waals surface area contributed by atoms with E-state index >= 15 is 0 Å². The summed E-state index contributed by atoms with van der Waals surface area (Å²) in [7, 11) is -3.88. The third kappa shape index (κ3) is 7.65. The second-order valence-electron chi connectivity index (χ2n) is 10.7. The van der Waals surface area contributed by atoms with Gasteiger partial charge in [0.2, 0.25) is 21.8 Å². The molecule has 1 heterocycles. The first-order chi connectivity index (χ1) is 18.8. The van der Waals surface area contributed by atoms with Crippen LogP contribution in [-0.2, 0) is 31.0 Å². The van der Waals surface area contributed by atoms with Crippen molar-refractivity contribution in [3.63, 3.8) is 0 Å². The number of carbonyl (C=O) groups is 2. The number of halogens is 3. The van der Waals surface area contributed by atoms with Crippen molar-refractivity contribution in [1.82, 2.24) is 14.9 Å². The number of amides is 2. The molecule has 1 aliphatic heterocycles. The fourth-order valence-corrected chi connectivity index (χ4v) is 6.68. The van der Waals surface area contributed by atoms with Crippen LogP contribution in [0.4, 0.5) is 4.39 Å². The van der Waals surface area contributed by atoms with Gasteiger partial charge in [-0.25, -0.2) is 17.5 Å². The number of benzene rings is 2. The molecule has 0 bridgehead atoms. The molecule has 2 aromatic carbocycles. The normalized spacial score (nSPS) is 18.8. The van der Waals surface area contributed by atoms with E-state index in [1.165, 1.54) is 17.0 Å². The Labute approximate surface area is 251 Å². The summed E-state index contributed by atoms with van der Waals surface area (Å²) in [5, 5.41) is 3.20. The highest BCUT2D eigenvalue weighted by Crippen LogP contribution is 2.38. The van der Waals surface area contributed by atoms with Crippen LogP contribution in [0, 0.1) is 5.82 Å². The molecule has 0 spiro atoms. The van der Waals surface area contributed by atoms with Crippen LogP contribution in [0.3, 0.4) is 0 Å². The van der Waals surface area contributed by atoms with Crippen molar-refractivity contribution in [2.75, 3.05) is 19.7 Å². The number of rotatable bonds is 11. The minimum atomic E-state index is -3.88. The maximum absolute atomic E-state index is 13.8. The number of hydrogen-bond donors (Lipinski definition) is 3. The molecular weight excluding hydrogens is 594 g/mol. The molecule has 1 aliphatic carbocycles. The summed E-state index contributed by atoms with van der Waals surface area (Å²) in [4.78, 5) is 28.2. The Kier molecular flexibility index (Phi) is 10.3. The van der Waals surface area contributed by atoms with E-state index in [4.69, 9.17) is 22.1 Å². The average molecular weight is 630 g/mol. The molecule has 0 saturated heterocycles. The molecule has 13 heteroatoms. The summed E-state index contributed by atoms with van der Waals surface area (Å²) >= 11 is 6.02. The molecule has 0 unspecified atom stereocenters. The maximum atomic E-state index is 13.8. The van der Waals surface area contributed by atoms with Gasteiger partial charge in [-0.1, -0.05) is 35.9 Å². The number of nitrogens with zero attached hydrogens (tertiary/aromatic N) is 1. The SMILES string of the molecule is CCN(CC1=C(c2ccc(Cl)cc2)S(=O)(=O)NC1(C)C)C(=O)[C@@H](COCc1ccc(F)cc1)NC(=O)C1(N)CC1.Cl. The number of ether oxygens (including phenoxy) is 1. The summed E-state index contributed by atoms with van der Waals surface area (Å²) in [5.41, 5.74) is 5.73. The molecule has 224 valence electrons. The average Bonchev–Trinajstić information content (AvgIpc) is 3.61. The van der Waals surface area contributed by atoms with E-state index in [-0.39, 0.29) is 49.4 Å². The maximum Gasteiger partial charge on any atom is 0.247 e. The molecule has 0 radical (unpaired) electrons. The van der Waals surface area contributed by atoms with E-state index in [9.17, 15) is 22.4 Å². The molecule has 4 N–H and O–H groups in total. The first-order valence-electron chi connectivity index (χ1n) is 13.0. The van der Waals surface area contributed by atoms with Crippen LogP contribution >= 0.6 is 24.0 Å². The summed E-state index contributed by atoms with van der Waals surface area (Å²) < 4.78 is 48.1. The van der Waals surface area contributed by atoms with Crippen molar-refractivity contribution in [2.24, 2.45) is 5.73 Å². The van der Waals surface area contributed by atoms with Gasteiger partial charge in [0.25, 0.3) is 0 Å². The van der Waals surface area contributed by atoms with Crippen LogP contribution in [-0.4, -0.2) is 61.9 Å². The van der Waals surface area contributed by atoms with Crippen LogP contribution in [0.5, 0.6) is 0 Å². The van der Waals surface area contributed by atoms with Crippen LogP contribution in [0.15, 0.2) is 54.1 Å². The van der Waals surface area contributed by atoms with E-state index in [1.807, 2.05) is 0 Å². The number of likely N-dealkylation sites (N-methyl/N-ethyl adjacent to an activating group) is 1. The van der Waals surface area contributed by atoms with E-state index < -0.39 is 39.0 Å². The van der Waals surface area contributed by atoms with E-state index in [2.05, 4.69) is 10.0 Å². The Morgan fingerprint density at radius 3 is 2.32 bits per heavy atom. The van der Waals surface area contributed by atoms with E-state index in [0.29, 0.717) is 34.6 Å². The predicted octanol–water partition coefficient (Wildman–Crippen LogP) is 3.37. The molecule has 1 atom stereocenters. The van der Waals surface area contributed by atoms with Gasteiger partial charge in [0, 0.05) is 18.1 Å². The first-order valence-corrected chi connectivity index (χ1v) is 14.9. The van der Waals surface area contributed by atoms with Crippen LogP contribution in [0.2, 0.25) is 5.02 Å². The van der Waals surface area contributed by atoms with Gasteiger partial charge in [0.1, 0.15) is 11.9 Å². The Morgan fingerprint density at radius 1 is 1.15 bits per heavy atom. The molecule has 9 nitrogen and oxygen atoms in total. The van der Waals surface area contributed by atoms with Gasteiger partial charge in [-0.05, 0) is 74.6 Å². The Bertz CT molecular complexity index is 1410. The molecule has 41 heavy (non-hydrogen) atoms. The second kappa shape index (κ2) is 12.8. The van der Waals surface area contributed by atoms with E-state index in [0.717, 1.165) is 0 Å². The monoisotopic (exact) mass is 628 g/mol. The highest BCUT2D eigenvalue weighted by molar-refractivity contribution is 7.99. The van der Waals surface area contributed by atoms with Crippen molar-refractivity contribution in [2.45, 2.75) is 57.3 Å². The molecule has 4 rings (SSSR count). The highest BCUT2D eigenvalue weighted by Gasteiger charge is 2.48. The smallest absolute Gasteiger partial charge is 0.247 e. The van der Waals surface area contributed by atoms with Crippen LogP contribution < -0.4 is 15.8 Å². The summed E-state index contributed by atoms with van der Waals surface area (Å²) in [6, 6.07) is 11.2. The zero-order valence-corrected chi connectivity index (χ0v) is 25.5. The van der Waals surface area contributed by atoms with Crippen LogP contribution in [0.25, 0.3) is 4.91 Å². The van der Waals surface area contributed by atoms with Gasteiger partial charge in [-0.3, -0.25) is 9.59 Å². The summed E-state index contributed by atoms with van der Waals surface area (Å²) in [5.74, 6) is -1.26. The van der Waals surface area contributed by atoms with Crippen molar-refractivity contribution < 1.29 is 27.1 Å². The molecule has 1 fully saturated rings. The second-order valence-corrected chi connectivity index (χ2v) is 12.8. The quantitative estimate of drug-likeness (QED) is 0.350. The number of nitrogens with one attached hydrogen (secondary N) is 2. The van der Waals surface area contributed by atoms with Gasteiger partial charge >= 0.3 is 0 Å². The third-order valence-corrected chi connectivity index (χ3v) is 9.20. The third-order valence-electron chi connectivity index (χ3n) is 7.15. The van der Waals surface area contributed by atoms with Gasteiger partial charge in [-0.15, -0.1) is 12.4 Å². The zero-order valence-electron chi connectivity index (χ0n) is 23.1. The fourth-order valence-electron chi connectivity index (χ4n) is 4.57. The van der Waals surface area contributed by atoms with Crippen LogP contribution in [0.1, 0.15) is 44.7 Å². The molecule has 0 aromatic heterocycles. The fraction of sp³-hybridized carbons (Fsp3) is 0.429. The molecule has 1 saturated carbocycles. The molecule has 2 aliphatic rings. The van der Waals surface area contributed by atoms with Gasteiger partial charge < -0.3 is 20.7 Å². The van der Waals surface area contributed by atoms with E-state index in [1.54, 1.807) is 57.2 Å². The van der Waals surface area contributed by atoms with Gasteiger partial charge in [-0.2, -0.15) is 0 Å². The molecule has 2 aromatic rings. The lowest BCUT2D eigenvalue weighted by molar-refractivity contribution is -0.138. The number of carbonyl (C=O) groups excluding carboxylic acids is 2. The van der Waals surface area contributed by atoms with Crippen molar-refractivity contribution in [3.05, 3.63) is 76.1 Å². The zero-order chi connectivity index (χ0) is 29.3. The highest BCUT2D eigenvalue weighted by atomic mass is 35.5. The Morgan fingerprint density at radius 2 is 1.76 bits per heavy atom. The minimum absolute atomic E-state index is 0. The van der Waals surface area contributed by atoms with Crippen molar-refractivity contribution >= 4 is 50.8 Å². The molecular formula is C28H35Cl2FN4O5S. The Hall–Kier alpha value is -2.54. The summed E-state index contributed by atoms with van der Waals surface area (Å²) in [6.07, 6.45) is 1.03. The Balaban J connectivity index is 0.00000462. The lowest BCUT2D eigenvalue weighted by Gasteiger charge is -2.31. The van der Waals surface area contributed by atoms with Crippen molar-refractivity contribution in [3.8, 4) is 0 Å². The van der Waals surface area contributed by atoms with Gasteiger partial charge in [0.05, 0.1) is 29.2 Å². The van der Waals surface area contributed by atoms with Gasteiger partial charge in [0.15, 0.2) is 0 Å². The molecule has 2 amide bonds. The number of sulfonamides is 1. The predicted molar refractivity (Wildman–Crippen MR) is 158 cm³/mol. The summed E-state index contributed by atoms with van der Waals surface area (Å²) in [6.45, 7) is 5.41. The first kappa shape index (κ1) is 33.0. The largest absolute Gasteiger partial charge is 0.374 e.